The summed E-state index contributed by atoms with van der Waals surface area (Å²) in [6.07, 6.45) is 5.75. The van der Waals surface area contributed by atoms with E-state index in [2.05, 4.69) is 11.0 Å². The van der Waals surface area contributed by atoms with Crippen LogP contribution in [0.3, 0.4) is 0 Å². The largest absolute Gasteiger partial charge is 0.392 e. The van der Waals surface area contributed by atoms with Crippen LogP contribution in [0.2, 0.25) is 0 Å². The zero-order valence-electron chi connectivity index (χ0n) is 7.40. The number of nitrogens with zero attached hydrogens (tertiary/aromatic N) is 1. The molecule has 1 aliphatic rings. The molecule has 0 fully saturated rings. The van der Waals surface area contributed by atoms with E-state index in [1.165, 1.54) is 0 Å². The summed E-state index contributed by atoms with van der Waals surface area (Å²) in [6, 6.07) is 0. The Hall–Kier alpha value is -0.800. The van der Waals surface area contributed by atoms with Gasteiger partial charge in [0.2, 0.25) is 0 Å². The highest BCUT2D eigenvalue weighted by molar-refractivity contribution is 5.18. The van der Waals surface area contributed by atoms with E-state index in [1.807, 2.05) is 12.2 Å². The van der Waals surface area contributed by atoms with Gasteiger partial charge in [-0.3, -0.25) is 0 Å². The molecule has 3 nitrogen and oxygen atoms in total. The van der Waals surface area contributed by atoms with Gasteiger partial charge in [0.05, 0.1) is 6.10 Å². The number of aliphatic hydroxyl groups is 1. The average molecular weight is 168 g/mol. The third-order valence-corrected chi connectivity index (χ3v) is 1.85. The number of hydrogen-bond acceptors (Lipinski definition) is 3. The van der Waals surface area contributed by atoms with Gasteiger partial charge in [0.1, 0.15) is 0 Å². The fraction of sp³-hybridized carbons (Fsp3) is 0.556. The third-order valence-electron chi connectivity index (χ3n) is 1.85. The molecule has 12 heavy (non-hydrogen) atoms. The Kier molecular flexibility index (Phi) is 3.31. The molecule has 3 heteroatoms. The Balaban J connectivity index is 2.54. The highest BCUT2D eigenvalue weighted by Gasteiger charge is 2.10. The quantitative estimate of drug-likeness (QED) is 0.627. The third kappa shape index (κ3) is 2.36. The summed E-state index contributed by atoms with van der Waals surface area (Å²) in [7, 11) is 0. The van der Waals surface area contributed by atoms with E-state index in [9.17, 15) is 5.11 Å². The second kappa shape index (κ2) is 4.28. The molecule has 0 aromatic carbocycles. The van der Waals surface area contributed by atoms with Crippen LogP contribution in [0.15, 0.2) is 23.9 Å². The molecular weight excluding hydrogens is 152 g/mol. The van der Waals surface area contributed by atoms with Crippen LogP contribution in [0, 0.1) is 0 Å². The number of allylic oxidation sites excluding steroid dienone is 2. The molecule has 0 bridgehead atoms. The molecule has 0 aromatic heterocycles. The van der Waals surface area contributed by atoms with Gasteiger partial charge in [0.15, 0.2) is 0 Å². The smallest absolute Gasteiger partial charge is 0.0687 e. The van der Waals surface area contributed by atoms with Gasteiger partial charge in [-0.1, -0.05) is 12.2 Å². The Morgan fingerprint density at radius 1 is 1.75 bits per heavy atom. The summed E-state index contributed by atoms with van der Waals surface area (Å²) < 4.78 is 0. The molecule has 3 N–H and O–H groups in total. The SMILES string of the molecule is CC(O)CN1CC=CC=C1CN. The van der Waals surface area contributed by atoms with Crippen molar-refractivity contribution in [1.82, 2.24) is 4.90 Å². The van der Waals surface area contributed by atoms with Crippen LogP contribution in [-0.4, -0.2) is 35.7 Å². The number of β-amino-alcohol motifs (C(OH)–C–C–N with tert-alkyl or cyclic N) is 1. The van der Waals surface area contributed by atoms with Gasteiger partial charge in [-0.25, -0.2) is 0 Å². The van der Waals surface area contributed by atoms with E-state index in [0.29, 0.717) is 13.1 Å². The number of hydrogen-bond donors (Lipinski definition) is 2. The van der Waals surface area contributed by atoms with Crippen molar-refractivity contribution in [1.29, 1.82) is 0 Å². The van der Waals surface area contributed by atoms with E-state index < -0.39 is 0 Å². The van der Waals surface area contributed by atoms with Crippen LogP contribution < -0.4 is 5.73 Å². The first-order chi connectivity index (χ1) is 5.74. The van der Waals surface area contributed by atoms with Crippen molar-refractivity contribution in [3.63, 3.8) is 0 Å². The lowest BCUT2D eigenvalue weighted by Gasteiger charge is -2.28. The lowest BCUT2D eigenvalue weighted by molar-refractivity contribution is 0.149. The van der Waals surface area contributed by atoms with Gasteiger partial charge in [-0.15, -0.1) is 0 Å². The number of rotatable bonds is 3. The normalized spacial score (nSPS) is 19.2. The minimum absolute atomic E-state index is 0.300. The summed E-state index contributed by atoms with van der Waals surface area (Å²) in [5.74, 6) is 0. The van der Waals surface area contributed by atoms with E-state index in [4.69, 9.17) is 5.73 Å². The molecule has 1 rings (SSSR count). The summed E-state index contributed by atoms with van der Waals surface area (Å²) >= 11 is 0. The minimum Gasteiger partial charge on any atom is -0.392 e. The zero-order chi connectivity index (χ0) is 8.97. The second-order valence-electron chi connectivity index (χ2n) is 3.04. The fourth-order valence-electron chi connectivity index (χ4n) is 1.30. The molecule has 1 aliphatic heterocycles. The van der Waals surface area contributed by atoms with E-state index in [1.54, 1.807) is 6.92 Å². The molecule has 0 radical (unpaired) electrons. The van der Waals surface area contributed by atoms with Crippen LogP contribution >= 0.6 is 0 Å². The molecular formula is C9H16N2O. The van der Waals surface area contributed by atoms with Crippen molar-refractivity contribution >= 4 is 0 Å². The van der Waals surface area contributed by atoms with Crippen LogP contribution in [0.5, 0.6) is 0 Å². The van der Waals surface area contributed by atoms with E-state index in [-0.39, 0.29) is 6.10 Å². The van der Waals surface area contributed by atoms with Crippen molar-refractivity contribution in [2.24, 2.45) is 5.73 Å². The van der Waals surface area contributed by atoms with Crippen molar-refractivity contribution < 1.29 is 5.11 Å². The summed E-state index contributed by atoms with van der Waals surface area (Å²) in [6.45, 7) is 3.84. The molecule has 0 aliphatic carbocycles. The van der Waals surface area contributed by atoms with Crippen LogP contribution in [0.25, 0.3) is 0 Å². The van der Waals surface area contributed by atoms with Gasteiger partial charge in [-0.2, -0.15) is 0 Å². The van der Waals surface area contributed by atoms with Gasteiger partial charge >= 0.3 is 0 Å². The highest BCUT2D eigenvalue weighted by atomic mass is 16.3. The van der Waals surface area contributed by atoms with Crippen molar-refractivity contribution in [3.05, 3.63) is 23.9 Å². The fourth-order valence-corrected chi connectivity index (χ4v) is 1.30. The maximum Gasteiger partial charge on any atom is 0.0687 e. The molecule has 0 amide bonds. The number of aliphatic hydroxyl groups excluding tert-OH is 1. The van der Waals surface area contributed by atoms with Crippen LogP contribution in [0.4, 0.5) is 0 Å². The first kappa shape index (κ1) is 9.29. The minimum atomic E-state index is -0.300. The van der Waals surface area contributed by atoms with Gasteiger partial charge in [-0.05, 0) is 13.0 Å². The maximum absolute atomic E-state index is 9.18. The van der Waals surface area contributed by atoms with E-state index >= 15 is 0 Å². The first-order valence-electron chi connectivity index (χ1n) is 4.23. The maximum atomic E-state index is 9.18. The van der Waals surface area contributed by atoms with Crippen molar-refractivity contribution in [2.45, 2.75) is 13.0 Å². The van der Waals surface area contributed by atoms with E-state index in [0.717, 1.165) is 12.2 Å². The predicted molar refractivity (Wildman–Crippen MR) is 49.5 cm³/mol. The summed E-state index contributed by atoms with van der Waals surface area (Å²) in [5, 5.41) is 9.18. The Labute approximate surface area is 73.2 Å². The van der Waals surface area contributed by atoms with Gasteiger partial charge in [0.25, 0.3) is 0 Å². The first-order valence-corrected chi connectivity index (χ1v) is 4.23. The van der Waals surface area contributed by atoms with Crippen LogP contribution in [-0.2, 0) is 0 Å². The van der Waals surface area contributed by atoms with Crippen molar-refractivity contribution in [2.75, 3.05) is 19.6 Å². The zero-order valence-corrected chi connectivity index (χ0v) is 7.40. The van der Waals surface area contributed by atoms with Crippen molar-refractivity contribution in [3.8, 4) is 0 Å². The molecule has 0 spiro atoms. The molecule has 0 saturated heterocycles. The summed E-state index contributed by atoms with van der Waals surface area (Å²) in [5.41, 5.74) is 6.64. The topological polar surface area (TPSA) is 49.5 Å². The highest BCUT2D eigenvalue weighted by Crippen LogP contribution is 2.08. The second-order valence-corrected chi connectivity index (χ2v) is 3.04. The Bertz CT molecular complexity index is 197. The molecule has 1 unspecified atom stereocenters. The molecule has 0 aromatic rings. The van der Waals surface area contributed by atoms with Crippen LogP contribution in [0.1, 0.15) is 6.92 Å². The lowest BCUT2D eigenvalue weighted by atomic mass is 10.2. The molecule has 68 valence electrons. The monoisotopic (exact) mass is 168 g/mol. The Morgan fingerprint density at radius 2 is 2.50 bits per heavy atom. The standard InChI is InChI=1S/C9H16N2O/c1-8(12)7-11-5-3-2-4-9(11)6-10/h2-4,8,12H,5-7,10H2,1H3. The molecule has 1 atom stereocenters. The average Bonchev–Trinajstić information content (AvgIpc) is 2.04. The summed E-state index contributed by atoms with van der Waals surface area (Å²) in [4.78, 5) is 2.09. The number of nitrogens with two attached hydrogens (primary N) is 1. The molecule has 0 saturated carbocycles. The Morgan fingerprint density at radius 3 is 3.08 bits per heavy atom. The predicted octanol–water partition coefficient (Wildman–Crippen LogP) is 0.0816. The van der Waals surface area contributed by atoms with Gasteiger partial charge in [0, 0.05) is 25.3 Å². The van der Waals surface area contributed by atoms with Gasteiger partial charge < -0.3 is 15.7 Å². The lowest BCUT2D eigenvalue weighted by Crippen LogP contribution is -2.34. The molecule has 1 heterocycles.